The maximum Gasteiger partial charge on any atom is 0.161 e. The van der Waals surface area contributed by atoms with Crippen molar-refractivity contribution in [2.24, 2.45) is 40.4 Å². The first kappa shape index (κ1) is 16.8. The molecule has 0 saturated heterocycles. The van der Waals surface area contributed by atoms with Gasteiger partial charge in [0.1, 0.15) is 6.10 Å². The molecule has 0 bridgehead atoms. The highest BCUT2D eigenvalue weighted by Gasteiger charge is 2.60. The monoisotopic (exact) mass is 330 g/mol. The second-order valence-corrected chi connectivity index (χ2v) is 9.72. The predicted molar refractivity (Wildman–Crippen MR) is 96.6 cm³/mol. The number of ether oxygens (including phenoxy) is 1. The number of hydrogen-bond donors (Lipinski definition) is 0. The summed E-state index contributed by atoms with van der Waals surface area (Å²) in [5.41, 5.74) is 0.794. The molecule has 8 atom stereocenters. The van der Waals surface area contributed by atoms with Crippen LogP contribution in [0, 0.1) is 40.4 Å². The summed E-state index contributed by atoms with van der Waals surface area (Å²) in [6.45, 7) is 9.18. The molecule has 0 spiro atoms. The zero-order chi connectivity index (χ0) is 17.1. The van der Waals surface area contributed by atoms with Gasteiger partial charge in [-0.05, 0) is 85.4 Å². The van der Waals surface area contributed by atoms with Gasteiger partial charge in [-0.25, -0.2) is 0 Å². The number of carbonyl (C=O) groups is 1. The number of hydrogen-bond acceptors (Lipinski definition) is 2. The standard InChI is InChI=1S/C22H34O2/c1-5-14-7-9-17-16-8-6-15-12-19(23)20(24-4)13-22(15,3)18(16)10-11-21(14,17)2/h5,14-18,20H,1,6-13H2,2-4H3/t14-,15-,16-,17-,18-,20+,21+,22-/m0/s1. The summed E-state index contributed by atoms with van der Waals surface area (Å²) in [6, 6.07) is 0. The van der Waals surface area contributed by atoms with E-state index in [2.05, 4.69) is 26.5 Å². The van der Waals surface area contributed by atoms with Crippen molar-refractivity contribution in [1.82, 2.24) is 0 Å². The fourth-order valence-electron chi connectivity index (χ4n) is 7.72. The summed E-state index contributed by atoms with van der Waals surface area (Å²) in [5.74, 6) is 4.19. The molecule has 4 aliphatic carbocycles. The Morgan fingerprint density at radius 3 is 2.54 bits per heavy atom. The first-order valence-corrected chi connectivity index (χ1v) is 10.1. The fourth-order valence-corrected chi connectivity index (χ4v) is 7.72. The third-order valence-corrected chi connectivity index (χ3v) is 9.14. The normalized spacial score (nSPS) is 53.9. The van der Waals surface area contributed by atoms with Crippen LogP contribution in [-0.2, 0) is 9.53 Å². The molecule has 0 N–H and O–H groups in total. The van der Waals surface area contributed by atoms with E-state index in [-0.39, 0.29) is 6.10 Å². The summed E-state index contributed by atoms with van der Waals surface area (Å²) in [5, 5.41) is 0. The Balaban J connectivity index is 1.63. The Morgan fingerprint density at radius 1 is 1.08 bits per heavy atom. The molecule has 24 heavy (non-hydrogen) atoms. The number of Topliss-reactive ketones (excluding diaryl/α,β-unsaturated/α-hetero) is 1. The third kappa shape index (κ3) is 2.14. The van der Waals surface area contributed by atoms with Crippen molar-refractivity contribution < 1.29 is 9.53 Å². The molecular weight excluding hydrogens is 296 g/mol. The van der Waals surface area contributed by atoms with Crippen LogP contribution in [0.3, 0.4) is 0 Å². The quantitative estimate of drug-likeness (QED) is 0.664. The number of methoxy groups -OCH3 is 1. The SMILES string of the molecule is C=C[C@H]1CC[C@H]2[C@@H]3CC[C@H]4CC(=O)[C@H](OC)C[C@]4(C)[C@H]3CC[C@]12C. The van der Waals surface area contributed by atoms with E-state index in [0.717, 1.165) is 30.6 Å². The predicted octanol–water partition coefficient (Wildman–Crippen LogP) is 5.03. The van der Waals surface area contributed by atoms with Crippen LogP contribution in [0.5, 0.6) is 0 Å². The van der Waals surface area contributed by atoms with Crippen molar-refractivity contribution in [3.8, 4) is 0 Å². The molecule has 0 amide bonds. The lowest BCUT2D eigenvalue weighted by molar-refractivity contribution is -0.157. The minimum Gasteiger partial charge on any atom is -0.374 e. The lowest BCUT2D eigenvalue weighted by Crippen LogP contribution is -2.56. The summed E-state index contributed by atoms with van der Waals surface area (Å²) < 4.78 is 5.58. The second-order valence-electron chi connectivity index (χ2n) is 9.72. The van der Waals surface area contributed by atoms with Crippen molar-refractivity contribution >= 4 is 5.78 Å². The maximum atomic E-state index is 12.4. The van der Waals surface area contributed by atoms with Crippen molar-refractivity contribution in [2.75, 3.05) is 7.11 Å². The molecule has 0 aromatic heterocycles. The second kappa shape index (κ2) is 5.69. The molecule has 4 rings (SSSR count). The zero-order valence-electron chi connectivity index (χ0n) is 15.7. The van der Waals surface area contributed by atoms with Crippen LogP contribution in [0.4, 0.5) is 0 Å². The lowest BCUT2D eigenvalue weighted by Gasteiger charge is -2.60. The van der Waals surface area contributed by atoms with Gasteiger partial charge in [-0.2, -0.15) is 0 Å². The zero-order valence-corrected chi connectivity index (χ0v) is 15.7. The number of allylic oxidation sites excluding steroid dienone is 1. The van der Waals surface area contributed by atoms with E-state index in [0.29, 0.717) is 28.4 Å². The summed E-state index contributed by atoms with van der Waals surface area (Å²) in [7, 11) is 1.72. The van der Waals surface area contributed by atoms with E-state index in [9.17, 15) is 4.79 Å². The molecule has 0 aliphatic heterocycles. The summed E-state index contributed by atoms with van der Waals surface area (Å²) in [6.07, 6.45) is 11.8. The van der Waals surface area contributed by atoms with Crippen molar-refractivity contribution in [3.63, 3.8) is 0 Å². The van der Waals surface area contributed by atoms with E-state index >= 15 is 0 Å². The van der Waals surface area contributed by atoms with Gasteiger partial charge < -0.3 is 4.74 Å². The van der Waals surface area contributed by atoms with Crippen molar-refractivity contribution in [2.45, 2.75) is 71.3 Å². The largest absolute Gasteiger partial charge is 0.374 e. The minimum atomic E-state index is -0.150. The highest BCUT2D eigenvalue weighted by molar-refractivity contribution is 5.84. The fraction of sp³-hybridized carbons (Fsp3) is 0.864. The van der Waals surface area contributed by atoms with Crippen molar-refractivity contribution in [3.05, 3.63) is 12.7 Å². The van der Waals surface area contributed by atoms with Crippen LogP contribution < -0.4 is 0 Å². The van der Waals surface area contributed by atoms with Crippen LogP contribution >= 0.6 is 0 Å². The summed E-state index contributed by atoms with van der Waals surface area (Å²) >= 11 is 0. The Labute approximate surface area is 147 Å². The molecule has 0 radical (unpaired) electrons. The Morgan fingerprint density at radius 2 is 1.83 bits per heavy atom. The van der Waals surface area contributed by atoms with Gasteiger partial charge in [0.25, 0.3) is 0 Å². The molecule has 4 fully saturated rings. The molecule has 134 valence electrons. The first-order chi connectivity index (χ1) is 11.4. The number of rotatable bonds is 2. The Bertz CT molecular complexity index is 540. The van der Waals surface area contributed by atoms with Crippen LogP contribution in [0.25, 0.3) is 0 Å². The van der Waals surface area contributed by atoms with Gasteiger partial charge in [0.15, 0.2) is 5.78 Å². The molecule has 0 unspecified atom stereocenters. The molecule has 0 heterocycles. The number of fused-ring (bicyclic) bond motifs is 5. The van der Waals surface area contributed by atoms with E-state index in [4.69, 9.17) is 4.74 Å². The molecular formula is C22H34O2. The maximum absolute atomic E-state index is 12.4. The van der Waals surface area contributed by atoms with Gasteiger partial charge in [0.2, 0.25) is 0 Å². The highest BCUT2D eigenvalue weighted by atomic mass is 16.5. The van der Waals surface area contributed by atoms with Crippen LogP contribution in [0.15, 0.2) is 12.7 Å². The van der Waals surface area contributed by atoms with Gasteiger partial charge in [-0.15, -0.1) is 6.58 Å². The van der Waals surface area contributed by atoms with Crippen LogP contribution in [0.1, 0.15) is 65.2 Å². The van der Waals surface area contributed by atoms with Gasteiger partial charge in [-0.1, -0.05) is 19.9 Å². The van der Waals surface area contributed by atoms with E-state index in [1.165, 1.54) is 38.5 Å². The van der Waals surface area contributed by atoms with Gasteiger partial charge in [0.05, 0.1) is 0 Å². The minimum absolute atomic E-state index is 0.150. The van der Waals surface area contributed by atoms with Gasteiger partial charge >= 0.3 is 0 Å². The van der Waals surface area contributed by atoms with Crippen LogP contribution in [0.2, 0.25) is 0 Å². The average molecular weight is 331 g/mol. The van der Waals surface area contributed by atoms with Crippen LogP contribution in [-0.4, -0.2) is 19.0 Å². The van der Waals surface area contributed by atoms with E-state index in [1.54, 1.807) is 7.11 Å². The topological polar surface area (TPSA) is 26.3 Å². The van der Waals surface area contributed by atoms with Gasteiger partial charge in [-0.3, -0.25) is 4.79 Å². The third-order valence-electron chi connectivity index (χ3n) is 9.14. The molecule has 4 saturated carbocycles. The number of ketones is 1. The molecule has 2 heteroatoms. The molecule has 4 aliphatic rings. The summed E-state index contributed by atoms with van der Waals surface area (Å²) in [4.78, 5) is 12.4. The Kier molecular flexibility index (Phi) is 3.99. The average Bonchev–Trinajstić information content (AvgIpc) is 2.91. The molecule has 0 aromatic carbocycles. The highest BCUT2D eigenvalue weighted by Crippen LogP contribution is 2.67. The van der Waals surface area contributed by atoms with E-state index in [1.807, 2.05) is 0 Å². The van der Waals surface area contributed by atoms with E-state index < -0.39 is 0 Å². The molecule has 0 aromatic rings. The smallest absolute Gasteiger partial charge is 0.161 e. The van der Waals surface area contributed by atoms with Gasteiger partial charge in [0, 0.05) is 13.5 Å². The number of carbonyl (C=O) groups excluding carboxylic acids is 1. The van der Waals surface area contributed by atoms with Crippen molar-refractivity contribution in [1.29, 1.82) is 0 Å². The first-order valence-electron chi connectivity index (χ1n) is 10.1. The molecule has 2 nitrogen and oxygen atoms in total. The lowest BCUT2D eigenvalue weighted by atomic mass is 9.44. The Hall–Kier alpha value is -0.630.